The molecule has 1 N–H and O–H groups in total. The lowest BCUT2D eigenvalue weighted by atomic mass is 9.99. The average Bonchev–Trinajstić information content (AvgIpc) is 3.39. The van der Waals surface area contributed by atoms with Crippen LogP contribution in [0.15, 0.2) is 46.4 Å². The van der Waals surface area contributed by atoms with Crippen molar-refractivity contribution in [1.29, 1.82) is 0 Å². The van der Waals surface area contributed by atoms with Crippen LogP contribution in [0.1, 0.15) is 42.9 Å². The van der Waals surface area contributed by atoms with E-state index in [9.17, 15) is 14.7 Å². The molecule has 0 aliphatic carbocycles. The van der Waals surface area contributed by atoms with E-state index < -0.39 is 17.7 Å². The Morgan fingerprint density at radius 1 is 1.15 bits per heavy atom. The van der Waals surface area contributed by atoms with Crippen LogP contribution in [-0.2, 0) is 14.3 Å². The minimum absolute atomic E-state index is 0.0343. The van der Waals surface area contributed by atoms with Crippen LogP contribution >= 0.6 is 0 Å². The zero-order chi connectivity index (χ0) is 24.1. The molecule has 0 spiro atoms. The van der Waals surface area contributed by atoms with Gasteiger partial charge in [0.2, 0.25) is 0 Å². The van der Waals surface area contributed by atoms with Crippen LogP contribution in [0.5, 0.6) is 5.75 Å². The molecule has 182 valence electrons. The van der Waals surface area contributed by atoms with Gasteiger partial charge in [0.1, 0.15) is 29.1 Å². The van der Waals surface area contributed by atoms with Crippen molar-refractivity contribution in [1.82, 2.24) is 9.80 Å². The SMILES string of the molecule is CCCCOc1cccc(/C(O)=C2\C(=O)C(=O)N(CCN3CCOCC3)C2c2ccc(C)o2)c1. The van der Waals surface area contributed by atoms with Crippen molar-refractivity contribution in [3.8, 4) is 5.75 Å². The second-order valence-electron chi connectivity index (χ2n) is 8.62. The Kier molecular flexibility index (Phi) is 7.70. The lowest BCUT2D eigenvalue weighted by Crippen LogP contribution is -2.42. The van der Waals surface area contributed by atoms with Gasteiger partial charge in [-0.1, -0.05) is 25.5 Å². The molecule has 4 rings (SSSR count). The number of Topliss-reactive ketones (excluding diaryl/α,β-unsaturated/α-hetero) is 1. The van der Waals surface area contributed by atoms with Crippen LogP contribution in [0.2, 0.25) is 0 Å². The molecule has 0 saturated carbocycles. The number of nitrogens with zero attached hydrogens (tertiary/aromatic N) is 2. The zero-order valence-electron chi connectivity index (χ0n) is 19.8. The Morgan fingerprint density at radius 2 is 1.94 bits per heavy atom. The van der Waals surface area contributed by atoms with Crippen molar-refractivity contribution in [3.63, 3.8) is 0 Å². The summed E-state index contributed by atoms with van der Waals surface area (Å²) >= 11 is 0. The maximum absolute atomic E-state index is 13.2. The highest BCUT2D eigenvalue weighted by atomic mass is 16.5. The standard InChI is InChI=1S/C26H32N2O6/c1-3-4-14-33-20-7-5-6-19(17-20)24(29)22-23(21-9-8-18(2)34-21)28(26(31)25(22)30)11-10-27-12-15-32-16-13-27/h5-9,17,23,29H,3-4,10-16H2,1-2H3/b24-22+. The van der Waals surface area contributed by atoms with E-state index in [1.807, 2.05) is 0 Å². The number of unbranched alkanes of at least 4 members (excludes halogenated alkanes) is 1. The minimum atomic E-state index is -0.792. The van der Waals surface area contributed by atoms with Crippen molar-refractivity contribution in [2.45, 2.75) is 32.7 Å². The highest BCUT2D eigenvalue weighted by molar-refractivity contribution is 6.46. The number of hydrogen-bond donors (Lipinski definition) is 1. The molecular formula is C26H32N2O6. The van der Waals surface area contributed by atoms with Crippen LogP contribution in [0.4, 0.5) is 0 Å². The van der Waals surface area contributed by atoms with Gasteiger partial charge in [0.25, 0.3) is 11.7 Å². The lowest BCUT2D eigenvalue weighted by Gasteiger charge is -2.30. The summed E-state index contributed by atoms with van der Waals surface area (Å²) < 4.78 is 17.0. The fraction of sp³-hybridized carbons (Fsp3) is 0.462. The Morgan fingerprint density at radius 3 is 2.65 bits per heavy atom. The quantitative estimate of drug-likeness (QED) is 0.261. The largest absolute Gasteiger partial charge is 0.507 e. The van der Waals surface area contributed by atoms with Gasteiger partial charge in [0.05, 0.1) is 25.4 Å². The first-order valence-corrected chi connectivity index (χ1v) is 11.9. The molecule has 1 unspecified atom stereocenters. The van der Waals surface area contributed by atoms with Gasteiger partial charge in [0, 0.05) is 31.7 Å². The molecule has 1 atom stereocenters. The molecule has 0 bridgehead atoms. The fourth-order valence-corrected chi connectivity index (χ4v) is 4.30. The third-order valence-electron chi connectivity index (χ3n) is 6.21. The molecule has 3 heterocycles. The normalized spacial score (nSPS) is 20.8. The van der Waals surface area contributed by atoms with Crippen molar-refractivity contribution in [2.24, 2.45) is 0 Å². The van der Waals surface area contributed by atoms with Crippen LogP contribution in [-0.4, -0.2) is 72.6 Å². The molecule has 0 radical (unpaired) electrons. The van der Waals surface area contributed by atoms with E-state index in [1.165, 1.54) is 4.90 Å². The number of ketones is 1. The van der Waals surface area contributed by atoms with Gasteiger partial charge in [0.15, 0.2) is 0 Å². The first-order chi connectivity index (χ1) is 16.5. The van der Waals surface area contributed by atoms with E-state index in [1.54, 1.807) is 43.3 Å². The van der Waals surface area contributed by atoms with Crippen LogP contribution in [0, 0.1) is 6.92 Å². The first kappa shape index (κ1) is 24.0. The average molecular weight is 469 g/mol. The summed E-state index contributed by atoms with van der Waals surface area (Å²) in [7, 11) is 0. The van der Waals surface area contributed by atoms with Crippen molar-refractivity contribution < 1.29 is 28.6 Å². The van der Waals surface area contributed by atoms with E-state index >= 15 is 0 Å². The number of likely N-dealkylation sites (tertiary alicyclic amines) is 1. The van der Waals surface area contributed by atoms with Crippen LogP contribution in [0.25, 0.3) is 5.76 Å². The molecular weight excluding hydrogens is 436 g/mol. The molecule has 2 aromatic rings. The predicted molar refractivity (Wildman–Crippen MR) is 127 cm³/mol. The van der Waals surface area contributed by atoms with Gasteiger partial charge in [-0.2, -0.15) is 0 Å². The van der Waals surface area contributed by atoms with Crippen LogP contribution in [0.3, 0.4) is 0 Å². The minimum Gasteiger partial charge on any atom is -0.507 e. The van der Waals surface area contributed by atoms with E-state index in [0.29, 0.717) is 55.7 Å². The topological polar surface area (TPSA) is 92.5 Å². The van der Waals surface area contributed by atoms with Crippen LogP contribution < -0.4 is 4.74 Å². The Bertz CT molecular complexity index is 1050. The van der Waals surface area contributed by atoms with Gasteiger partial charge < -0.3 is 23.9 Å². The number of rotatable bonds is 9. The molecule has 34 heavy (non-hydrogen) atoms. The summed E-state index contributed by atoms with van der Waals surface area (Å²) in [6.07, 6.45) is 1.93. The van der Waals surface area contributed by atoms with E-state index in [-0.39, 0.29) is 11.3 Å². The number of furan rings is 1. The summed E-state index contributed by atoms with van der Waals surface area (Å²) in [6, 6.07) is 9.71. The molecule has 1 aromatic carbocycles. The molecule has 2 aliphatic rings. The van der Waals surface area contributed by atoms with E-state index in [4.69, 9.17) is 13.9 Å². The van der Waals surface area contributed by atoms with Gasteiger partial charge in [-0.05, 0) is 37.6 Å². The molecule has 2 aliphatic heterocycles. The fourth-order valence-electron chi connectivity index (χ4n) is 4.30. The maximum atomic E-state index is 13.2. The van der Waals surface area contributed by atoms with E-state index in [0.717, 1.165) is 25.9 Å². The highest BCUT2D eigenvalue weighted by Gasteiger charge is 2.47. The first-order valence-electron chi connectivity index (χ1n) is 11.9. The second kappa shape index (κ2) is 10.9. The van der Waals surface area contributed by atoms with Gasteiger partial charge >= 0.3 is 0 Å². The summed E-state index contributed by atoms with van der Waals surface area (Å²) in [5.41, 5.74) is 0.459. The number of carbonyl (C=O) groups excluding carboxylic acids is 2. The number of aryl methyl sites for hydroxylation is 1. The molecule has 2 saturated heterocycles. The number of morpholine rings is 1. The third-order valence-corrected chi connectivity index (χ3v) is 6.21. The number of amides is 1. The molecule has 1 amide bonds. The van der Waals surface area contributed by atoms with Gasteiger partial charge in [-0.25, -0.2) is 0 Å². The molecule has 8 heteroatoms. The Balaban J connectivity index is 1.66. The van der Waals surface area contributed by atoms with E-state index in [2.05, 4.69) is 11.8 Å². The summed E-state index contributed by atoms with van der Waals surface area (Å²) in [5, 5.41) is 11.2. The van der Waals surface area contributed by atoms with Crippen molar-refractivity contribution >= 4 is 17.4 Å². The Labute approximate surface area is 199 Å². The van der Waals surface area contributed by atoms with Gasteiger partial charge in [-0.3, -0.25) is 14.5 Å². The Hall–Kier alpha value is -3.10. The number of ether oxygens (including phenoxy) is 2. The number of aliphatic hydroxyl groups is 1. The lowest BCUT2D eigenvalue weighted by molar-refractivity contribution is -0.140. The third kappa shape index (κ3) is 5.18. The molecule has 8 nitrogen and oxygen atoms in total. The number of carbonyl (C=O) groups is 2. The van der Waals surface area contributed by atoms with Crippen molar-refractivity contribution in [2.75, 3.05) is 46.0 Å². The summed E-state index contributed by atoms with van der Waals surface area (Å²) in [4.78, 5) is 29.9. The predicted octanol–water partition coefficient (Wildman–Crippen LogP) is 3.52. The van der Waals surface area contributed by atoms with Crippen molar-refractivity contribution in [3.05, 3.63) is 59.1 Å². The monoisotopic (exact) mass is 468 g/mol. The highest BCUT2D eigenvalue weighted by Crippen LogP contribution is 2.40. The summed E-state index contributed by atoms with van der Waals surface area (Å²) in [5.74, 6) is 0.146. The number of hydrogen-bond acceptors (Lipinski definition) is 7. The second-order valence-corrected chi connectivity index (χ2v) is 8.62. The van der Waals surface area contributed by atoms with Gasteiger partial charge in [-0.15, -0.1) is 0 Å². The summed E-state index contributed by atoms with van der Waals surface area (Å²) in [6.45, 7) is 8.25. The zero-order valence-corrected chi connectivity index (χ0v) is 19.8. The maximum Gasteiger partial charge on any atom is 0.295 e. The molecule has 2 fully saturated rings. The molecule has 1 aromatic heterocycles. The number of aliphatic hydroxyl groups excluding tert-OH is 1. The number of benzene rings is 1. The smallest absolute Gasteiger partial charge is 0.295 e.